The Morgan fingerprint density at radius 2 is 1.53 bits per heavy atom. The average molecular weight is 423 g/mol. The first kappa shape index (κ1) is 21.6. The number of rotatable bonds is 7. The van der Waals surface area contributed by atoms with Crippen LogP contribution < -0.4 is 9.62 Å². The van der Waals surface area contributed by atoms with E-state index in [1.54, 1.807) is 48.5 Å². The fourth-order valence-corrected chi connectivity index (χ4v) is 4.33. The van der Waals surface area contributed by atoms with E-state index in [0.29, 0.717) is 5.69 Å². The van der Waals surface area contributed by atoms with Crippen molar-refractivity contribution in [2.24, 2.45) is 0 Å². The Hall–Kier alpha value is -3.12. The highest BCUT2D eigenvalue weighted by atomic mass is 32.2. The van der Waals surface area contributed by atoms with Gasteiger partial charge in [-0.25, -0.2) is 8.42 Å². The number of aryl methyl sites for hydroxylation is 1. The van der Waals surface area contributed by atoms with Gasteiger partial charge in [0.1, 0.15) is 0 Å². The summed E-state index contributed by atoms with van der Waals surface area (Å²) in [5.41, 5.74) is 3.40. The highest BCUT2D eigenvalue weighted by Crippen LogP contribution is 2.23. The maximum atomic E-state index is 12.8. The molecule has 0 aliphatic rings. The Labute approximate surface area is 178 Å². The number of hydrogen-bond donors (Lipinski definition) is 1. The molecule has 3 aromatic rings. The molecule has 0 saturated carbocycles. The largest absolute Gasteiger partial charge is 0.349 e. The van der Waals surface area contributed by atoms with Crippen LogP contribution in [0.15, 0.2) is 83.8 Å². The predicted octanol–water partition coefficient (Wildman–Crippen LogP) is 4.24. The summed E-state index contributed by atoms with van der Waals surface area (Å²) in [5.74, 6) is -0.0836. The molecule has 1 amide bonds. The van der Waals surface area contributed by atoms with Gasteiger partial charge in [-0.1, -0.05) is 60.2 Å². The third kappa shape index (κ3) is 5.07. The second-order valence-electron chi connectivity index (χ2n) is 7.33. The van der Waals surface area contributed by atoms with Crippen LogP contribution in [0.5, 0.6) is 0 Å². The highest BCUT2D eigenvalue weighted by molar-refractivity contribution is 7.92. The molecule has 0 bridgehead atoms. The lowest BCUT2D eigenvalue weighted by Crippen LogP contribution is -2.28. The van der Waals surface area contributed by atoms with Gasteiger partial charge < -0.3 is 5.32 Å². The van der Waals surface area contributed by atoms with Gasteiger partial charge in [0.15, 0.2) is 0 Å². The Bertz CT molecular complexity index is 1090. The Kier molecular flexibility index (Phi) is 6.57. The molecule has 0 fully saturated rings. The lowest BCUT2D eigenvalue weighted by Gasteiger charge is -2.20. The first-order chi connectivity index (χ1) is 14.3. The lowest BCUT2D eigenvalue weighted by atomic mass is 10.1. The van der Waals surface area contributed by atoms with Gasteiger partial charge in [0.2, 0.25) is 5.91 Å². The molecule has 0 aliphatic heterocycles. The van der Waals surface area contributed by atoms with Crippen LogP contribution in [0, 0.1) is 6.92 Å². The summed E-state index contributed by atoms with van der Waals surface area (Å²) in [6.07, 6.45) is 0.228. The molecule has 0 unspecified atom stereocenters. The molecule has 0 saturated heterocycles. The zero-order chi connectivity index (χ0) is 21.7. The van der Waals surface area contributed by atoms with E-state index in [-0.39, 0.29) is 23.3 Å². The second kappa shape index (κ2) is 9.13. The number of amides is 1. The summed E-state index contributed by atoms with van der Waals surface area (Å²) in [6, 6.07) is 23.5. The molecule has 3 rings (SSSR count). The zero-order valence-corrected chi connectivity index (χ0v) is 18.2. The topological polar surface area (TPSA) is 66.5 Å². The van der Waals surface area contributed by atoms with Crippen molar-refractivity contribution in [3.63, 3.8) is 0 Å². The standard InChI is InChI=1S/C24H26N2O3S/c1-18-9-15-23(16-10-18)30(28,29)26(3)22-13-11-20(12-14-22)17-24(27)25-19(2)21-7-5-4-6-8-21/h4-16,19H,17H2,1-3H3,(H,25,27)/t19-/m1/s1. The molecule has 1 N–H and O–H groups in total. The molecule has 1 atom stereocenters. The molecule has 0 heterocycles. The third-order valence-electron chi connectivity index (χ3n) is 5.02. The van der Waals surface area contributed by atoms with Crippen molar-refractivity contribution in [2.45, 2.75) is 31.2 Å². The van der Waals surface area contributed by atoms with Gasteiger partial charge in [-0.15, -0.1) is 0 Å². The Morgan fingerprint density at radius 3 is 2.13 bits per heavy atom. The van der Waals surface area contributed by atoms with Crippen molar-refractivity contribution in [2.75, 3.05) is 11.4 Å². The summed E-state index contributed by atoms with van der Waals surface area (Å²) in [4.78, 5) is 12.6. The van der Waals surface area contributed by atoms with Gasteiger partial charge in [-0.2, -0.15) is 0 Å². The SMILES string of the molecule is Cc1ccc(S(=O)(=O)N(C)c2ccc(CC(=O)N[C@H](C)c3ccccc3)cc2)cc1. The van der Waals surface area contributed by atoms with Crippen molar-refractivity contribution >= 4 is 21.6 Å². The fourth-order valence-electron chi connectivity index (χ4n) is 3.13. The molecule has 0 aliphatic carbocycles. The van der Waals surface area contributed by atoms with Crippen LogP contribution in [-0.2, 0) is 21.2 Å². The second-order valence-corrected chi connectivity index (χ2v) is 9.30. The first-order valence-electron chi connectivity index (χ1n) is 9.76. The maximum absolute atomic E-state index is 12.8. The van der Waals surface area contributed by atoms with Crippen LogP contribution in [0.4, 0.5) is 5.69 Å². The number of benzene rings is 3. The number of carbonyl (C=O) groups is 1. The van der Waals surface area contributed by atoms with Crippen LogP contribution >= 0.6 is 0 Å². The quantitative estimate of drug-likeness (QED) is 0.619. The van der Waals surface area contributed by atoms with E-state index in [4.69, 9.17) is 0 Å². The number of nitrogens with one attached hydrogen (secondary N) is 1. The lowest BCUT2D eigenvalue weighted by molar-refractivity contribution is -0.121. The molecular formula is C24H26N2O3S. The van der Waals surface area contributed by atoms with Crippen molar-refractivity contribution in [1.29, 1.82) is 0 Å². The van der Waals surface area contributed by atoms with Crippen LogP contribution in [-0.4, -0.2) is 21.4 Å². The van der Waals surface area contributed by atoms with Crippen molar-refractivity contribution in [3.8, 4) is 0 Å². The Morgan fingerprint density at radius 1 is 0.933 bits per heavy atom. The number of nitrogens with zero attached hydrogens (tertiary/aromatic N) is 1. The van der Waals surface area contributed by atoms with E-state index < -0.39 is 10.0 Å². The molecule has 0 aromatic heterocycles. The van der Waals surface area contributed by atoms with Crippen molar-refractivity contribution in [3.05, 3.63) is 95.6 Å². The monoisotopic (exact) mass is 422 g/mol. The summed E-state index contributed by atoms with van der Waals surface area (Å²) in [5, 5.41) is 2.99. The minimum atomic E-state index is -3.64. The minimum Gasteiger partial charge on any atom is -0.349 e. The summed E-state index contributed by atoms with van der Waals surface area (Å²) < 4.78 is 26.9. The summed E-state index contributed by atoms with van der Waals surface area (Å²) in [6.45, 7) is 3.86. The van der Waals surface area contributed by atoms with Crippen molar-refractivity contribution in [1.82, 2.24) is 5.32 Å². The van der Waals surface area contributed by atoms with Crippen LogP contribution in [0.1, 0.15) is 29.7 Å². The van der Waals surface area contributed by atoms with E-state index >= 15 is 0 Å². The first-order valence-corrected chi connectivity index (χ1v) is 11.2. The molecule has 30 heavy (non-hydrogen) atoms. The predicted molar refractivity (Wildman–Crippen MR) is 120 cm³/mol. The van der Waals surface area contributed by atoms with Gasteiger partial charge in [0, 0.05) is 7.05 Å². The number of hydrogen-bond acceptors (Lipinski definition) is 3. The van der Waals surface area contributed by atoms with E-state index in [0.717, 1.165) is 16.7 Å². The normalized spacial score (nSPS) is 12.2. The van der Waals surface area contributed by atoms with E-state index in [1.165, 1.54) is 11.4 Å². The molecule has 3 aromatic carbocycles. The van der Waals surface area contributed by atoms with Crippen LogP contribution in [0.2, 0.25) is 0 Å². The molecule has 0 spiro atoms. The van der Waals surface area contributed by atoms with E-state index in [1.807, 2.05) is 44.2 Å². The zero-order valence-electron chi connectivity index (χ0n) is 17.4. The van der Waals surface area contributed by atoms with Crippen LogP contribution in [0.3, 0.4) is 0 Å². The van der Waals surface area contributed by atoms with Gasteiger partial charge in [-0.3, -0.25) is 9.10 Å². The van der Waals surface area contributed by atoms with Gasteiger partial charge in [0.25, 0.3) is 10.0 Å². The number of anilines is 1. The fraction of sp³-hybridized carbons (Fsp3) is 0.208. The maximum Gasteiger partial charge on any atom is 0.264 e. The van der Waals surface area contributed by atoms with Crippen molar-refractivity contribution < 1.29 is 13.2 Å². The van der Waals surface area contributed by atoms with Gasteiger partial charge in [0.05, 0.1) is 23.0 Å². The molecule has 5 nitrogen and oxygen atoms in total. The highest BCUT2D eigenvalue weighted by Gasteiger charge is 2.21. The summed E-state index contributed by atoms with van der Waals surface area (Å²) >= 11 is 0. The molecule has 6 heteroatoms. The molecule has 0 radical (unpaired) electrons. The number of carbonyl (C=O) groups excluding carboxylic acids is 1. The van der Waals surface area contributed by atoms with Crippen LogP contribution in [0.25, 0.3) is 0 Å². The summed E-state index contributed by atoms with van der Waals surface area (Å²) in [7, 11) is -2.11. The van der Waals surface area contributed by atoms with E-state index in [2.05, 4.69) is 5.32 Å². The number of sulfonamides is 1. The average Bonchev–Trinajstić information content (AvgIpc) is 2.74. The smallest absolute Gasteiger partial charge is 0.264 e. The minimum absolute atomic E-state index is 0.0799. The van der Waals surface area contributed by atoms with Gasteiger partial charge in [-0.05, 0) is 49.2 Å². The van der Waals surface area contributed by atoms with Gasteiger partial charge >= 0.3 is 0 Å². The Balaban J connectivity index is 1.65. The van der Waals surface area contributed by atoms with E-state index in [9.17, 15) is 13.2 Å². The third-order valence-corrected chi connectivity index (χ3v) is 6.82. The molecular weight excluding hydrogens is 396 g/mol. The molecule has 156 valence electrons.